The van der Waals surface area contributed by atoms with E-state index in [2.05, 4.69) is 45.1 Å². The third-order valence-corrected chi connectivity index (χ3v) is 4.45. The van der Waals surface area contributed by atoms with E-state index in [0.29, 0.717) is 12.2 Å². The molecule has 0 fully saturated rings. The molecule has 8 nitrogen and oxygen atoms in total. The quantitative estimate of drug-likeness (QED) is 0.521. The summed E-state index contributed by atoms with van der Waals surface area (Å²) in [6, 6.07) is 5.85. The number of nitrogens with zero attached hydrogens (tertiary/aromatic N) is 4. The van der Waals surface area contributed by atoms with Crippen LogP contribution in [0.1, 0.15) is 32.1 Å². The number of halogens is 1. The number of aromatic amines is 1. The molecule has 3 rings (SSSR count). The minimum Gasteiger partial charge on any atom is -0.340 e. The van der Waals surface area contributed by atoms with E-state index in [1.165, 1.54) is 0 Å². The Kier molecular flexibility index (Phi) is 5.14. The number of nitrogens with one attached hydrogen (secondary N) is 2. The molecule has 1 amide bonds. The Balaban J connectivity index is 1.82. The number of carbonyl (C=O) groups excluding carboxylic acids is 1. The van der Waals surface area contributed by atoms with Gasteiger partial charge in [0.05, 0.1) is 23.3 Å². The molecule has 1 aromatic heterocycles. The van der Waals surface area contributed by atoms with Crippen LogP contribution >= 0.6 is 15.9 Å². The summed E-state index contributed by atoms with van der Waals surface area (Å²) in [5, 5.41) is 18.8. The number of benzene rings is 1. The Morgan fingerprint density at radius 2 is 2.32 bits per heavy atom. The normalized spacial score (nSPS) is 17.0. The summed E-state index contributed by atoms with van der Waals surface area (Å²) < 4.78 is 0.990. The van der Waals surface area contributed by atoms with E-state index in [4.69, 9.17) is 10.2 Å². The number of imidazole rings is 1. The van der Waals surface area contributed by atoms with Crippen LogP contribution in [0.3, 0.4) is 0 Å². The van der Waals surface area contributed by atoms with Gasteiger partial charge in [0.2, 0.25) is 5.91 Å². The second-order valence-corrected chi connectivity index (χ2v) is 7.11. The Morgan fingerprint density at radius 3 is 3.04 bits per heavy atom. The van der Waals surface area contributed by atoms with E-state index in [9.17, 15) is 4.79 Å². The molecular weight excluding hydrogens is 388 g/mol. The van der Waals surface area contributed by atoms with Gasteiger partial charge in [0.25, 0.3) is 0 Å². The first-order valence-corrected chi connectivity index (χ1v) is 8.72. The summed E-state index contributed by atoms with van der Waals surface area (Å²) >= 11 is 3.47. The topological polar surface area (TPSA) is 106 Å². The summed E-state index contributed by atoms with van der Waals surface area (Å²) in [5.41, 5.74) is 4.14. The third-order valence-electron chi connectivity index (χ3n) is 3.95. The van der Waals surface area contributed by atoms with Gasteiger partial charge in [-0.05, 0) is 30.2 Å². The smallest absolute Gasteiger partial charge is 0.247 e. The van der Waals surface area contributed by atoms with Gasteiger partial charge in [0.1, 0.15) is 11.9 Å². The molecule has 1 unspecified atom stereocenters. The van der Waals surface area contributed by atoms with Crippen molar-refractivity contribution in [3.63, 3.8) is 0 Å². The van der Waals surface area contributed by atoms with E-state index < -0.39 is 5.91 Å². The lowest BCUT2D eigenvalue weighted by Gasteiger charge is -2.26. The van der Waals surface area contributed by atoms with Gasteiger partial charge in [-0.1, -0.05) is 35.0 Å². The Hall–Kier alpha value is -2.26. The molecule has 132 valence electrons. The van der Waals surface area contributed by atoms with E-state index in [0.717, 1.165) is 21.3 Å². The molecule has 0 saturated carbocycles. The van der Waals surface area contributed by atoms with Crippen LogP contribution in [0.5, 0.6) is 0 Å². The van der Waals surface area contributed by atoms with Gasteiger partial charge in [-0.25, -0.2) is 10.5 Å². The van der Waals surface area contributed by atoms with Gasteiger partial charge < -0.3 is 4.98 Å². The van der Waals surface area contributed by atoms with Crippen molar-refractivity contribution in [2.75, 3.05) is 6.54 Å². The lowest BCUT2D eigenvalue weighted by Crippen LogP contribution is -2.27. The molecule has 0 spiro atoms. The molecule has 0 radical (unpaired) electrons. The average Bonchev–Trinajstić information content (AvgIpc) is 3.19. The van der Waals surface area contributed by atoms with Gasteiger partial charge in [0.15, 0.2) is 0 Å². The Morgan fingerprint density at radius 1 is 1.52 bits per heavy atom. The minimum absolute atomic E-state index is 0.0592. The van der Waals surface area contributed by atoms with Gasteiger partial charge in [-0.3, -0.25) is 15.0 Å². The molecule has 1 aromatic carbocycles. The number of hydrogen-bond acceptors (Lipinski definition) is 6. The predicted molar refractivity (Wildman–Crippen MR) is 95.6 cm³/mol. The molecule has 2 heterocycles. The van der Waals surface area contributed by atoms with Gasteiger partial charge in [-0.15, -0.1) is 5.11 Å². The highest BCUT2D eigenvalue weighted by molar-refractivity contribution is 9.10. The first-order chi connectivity index (χ1) is 12.0. The maximum absolute atomic E-state index is 11.1. The van der Waals surface area contributed by atoms with Crippen molar-refractivity contribution in [1.29, 1.82) is 0 Å². The van der Waals surface area contributed by atoms with Crippen molar-refractivity contribution in [3.8, 4) is 0 Å². The molecule has 25 heavy (non-hydrogen) atoms. The number of hydrogen-bond donors (Lipinski definition) is 3. The highest BCUT2D eigenvalue weighted by atomic mass is 79.9. The highest BCUT2D eigenvalue weighted by Gasteiger charge is 2.29. The minimum atomic E-state index is -0.482. The first kappa shape index (κ1) is 17.6. The molecule has 0 aliphatic carbocycles. The summed E-state index contributed by atoms with van der Waals surface area (Å²) in [4.78, 5) is 19.2. The standard InChI is InChI=1S/C16H19BrN6O2/c1-9(2)15(16-18-12-5-3-10(17)7-13(12)19-16)23-8-11(20-22-23)4-6-14(24)21-25/h3-5,7,9,15,25H,6,8H2,1-2H3,(H,18,19)(H,21,24)/b11-4-. The maximum Gasteiger partial charge on any atom is 0.247 e. The fraction of sp³-hybridized carbons (Fsp3) is 0.375. The molecule has 2 aromatic rings. The number of rotatable bonds is 5. The largest absolute Gasteiger partial charge is 0.340 e. The van der Waals surface area contributed by atoms with Crippen molar-refractivity contribution >= 4 is 32.9 Å². The number of aromatic nitrogens is 2. The van der Waals surface area contributed by atoms with E-state index >= 15 is 0 Å². The van der Waals surface area contributed by atoms with Crippen molar-refractivity contribution in [3.05, 3.63) is 40.3 Å². The fourth-order valence-corrected chi connectivity index (χ4v) is 3.16. The zero-order chi connectivity index (χ0) is 18.0. The van der Waals surface area contributed by atoms with Crippen molar-refractivity contribution in [1.82, 2.24) is 20.5 Å². The molecule has 0 saturated heterocycles. The second kappa shape index (κ2) is 7.32. The monoisotopic (exact) mass is 406 g/mol. The SMILES string of the molecule is CC(C)C(c1nc2ccc(Br)cc2[nH]1)N1C/C(=C/CC(=O)NO)N=N1. The highest BCUT2D eigenvalue weighted by Crippen LogP contribution is 2.32. The fourth-order valence-electron chi connectivity index (χ4n) is 2.80. The zero-order valence-corrected chi connectivity index (χ0v) is 15.5. The average molecular weight is 407 g/mol. The first-order valence-electron chi connectivity index (χ1n) is 7.93. The second-order valence-electron chi connectivity index (χ2n) is 6.19. The summed E-state index contributed by atoms with van der Waals surface area (Å²) in [7, 11) is 0. The summed E-state index contributed by atoms with van der Waals surface area (Å²) in [6.45, 7) is 4.69. The summed E-state index contributed by atoms with van der Waals surface area (Å²) in [6.07, 6.45) is 1.71. The van der Waals surface area contributed by atoms with Crippen LogP contribution in [0.4, 0.5) is 0 Å². The van der Waals surface area contributed by atoms with Gasteiger partial charge >= 0.3 is 0 Å². The summed E-state index contributed by atoms with van der Waals surface area (Å²) in [5.74, 6) is 0.601. The Bertz CT molecular complexity index is 844. The number of amides is 1. The number of hydroxylamine groups is 1. The van der Waals surface area contributed by atoms with E-state index in [1.54, 1.807) is 11.6 Å². The molecular formula is C16H19BrN6O2. The van der Waals surface area contributed by atoms with Crippen LogP contribution in [0, 0.1) is 5.92 Å². The molecule has 0 bridgehead atoms. The van der Waals surface area contributed by atoms with Crippen molar-refractivity contribution in [2.24, 2.45) is 16.3 Å². The van der Waals surface area contributed by atoms with Crippen LogP contribution in [-0.2, 0) is 4.79 Å². The van der Waals surface area contributed by atoms with Crippen molar-refractivity contribution < 1.29 is 10.0 Å². The van der Waals surface area contributed by atoms with Gasteiger partial charge in [-0.2, -0.15) is 0 Å². The lowest BCUT2D eigenvalue weighted by atomic mass is 10.0. The number of fused-ring (bicyclic) bond motifs is 1. The van der Waals surface area contributed by atoms with Crippen LogP contribution in [0.15, 0.2) is 44.8 Å². The maximum atomic E-state index is 11.1. The predicted octanol–water partition coefficient (Wildman–Crippen LogP) is 3.48. The molecule has 1 aliphatic heterocycles. The molecule has 1 atom stereocenters. The van der Waals surface area contributed by atoms with Crippen LogP contribution < -0.4 is 5.48 Å². The Labute approximate surface area is 153 Å². The number of H-pyrrole nitrogens is 1. The van der Waals surface area contributed by atoms with Gasteiger partial charge in [0, 0.05) is 10.9 Å². The van der Waals surface area contributed by atoms with Crippen LogP contribution in [0.25, 0.3) is 11.0 Å². The third kappa shape index (κ3) is 3.88. The molecule has 9 heteroatoms. The molecule has 3 N–H and O–H groups in total. The molecule has 1 aliphatic rings. The van der Waals surface area contributed by atoms with Crippen molar-refractivity contribution in [2.45, 2.75) is 26.3 Å². The zero-order valence-electron chi connectivity index (χ0n) is 13.9. The lowest BCUT2D eigenvalue weighted by molar-refractivity contribution is -0.128. The van der Waals surface area contributed by atoms with E-state index in [-0.39, 0.29) is 18.4 Å². The van der Waals surface area contributed by atoms with Crippen LogP contribution in [-0.4, -0.2) is 32.6 Å². The van der Waals surface area contributed by atoms with Crippen LogP contribution in [0.2, 0.25) is 0 Å². The number of carbonyl (C=O) groups is 1. The van der Waals surface area contributed by atoms with E-state index in [1.807, 2.05) is 23.2 Å².